The molecule has 5 N–H and O–H groups in total. The number of rotatable bonds is 5. The van der Waals surface area contributed by atoms with Crippen LogP contribution in [0.1, 0.15) is 13.3 Å². The van der Waals surface area contributed by atoms with Gasteiger partial charge in [-0.2, -0.15) is 0 Å². The van der Waals surface area contributed by atoms with Crippen molar-refractivity contribution in [2.45, 2.75) is 13.3 Å². The van der Waals surface area contributed by atoms with Crippen LogP contribution in [0.15, 0.2) is 0 Å². The zero-order chi connectivity index (χ0) is 10.1. The molecule has 0 aliphatic rings. The Morgan fingerprint density at radius 3 is 2.15 bits per heavy atom. The van der Waals surface area contributed by atoms with E-state index in [-0.39, 0.29) is 0 Å². The maximum atomic E-state index is 5.23. The van der Waals surface area contributed by atoms with Gasteiger partial charge in [0.25, 0.3) is 0 Å². The van der Waals surface area contributed by atoms with E-state index >= 15 is 0 Å². The number of hydrogen-bond donors (Lipinski definition) is 4. The molecule has 0 spiro atoms. The smallest absolute Gasteiger partial charge is 0.166 e. The summed E-state index contributed by atoms with van der Waals surface area (Å²) < 4.78 is 0. The highest BCUT2D eigenvalue weighted by molar-refractivity contribution is 7.80. The van der Waals surface area contributed by atoms with Crippen LogP contribution in [0.3, 0.4) is 0 Å². The highest BCUT2D eigenvalue weighted by atomic mass is 32.1. The molecule has 0 radical (unpaired) electrons. The summed E-state index contributed by atoms with van der Waals surface area (Å²) in [5.41, 5.74) is 5.23. The van der Waals surface area contributed by atoms with Crippen LogP contribution in [0, 0.1) is 0 Å². The van der Waals surface area contributed by atoms with Crippen LogP contribution in [0.5, 0.6) is 0 Å². The molecule has 0 aliphatic heterocycles. The zero-order valence-electron chi connectivity index (χ0n) is 7.72. The van der Waals surface area contributed by atoms with Gasteiger partial charge >= 0.3 is 0 Å². The van der Waals surface area contributed by atoms with Crippen molar-refractivity contribution in [3.05, 3.63) is 0 Å². The molecule has 0 aliphatic carbocycles. The Hall–Kier alpha value is -0.620. The maximum absolute atomic E-state index is 5.23. The van der Waals surface area contributed by atoms with Crippen LogP contribution in [0.4, 0.5) is 0 Å². The van der Waals surface area contributed by atoms with Crippen LogP contribution >= 0.6 is 24.4 Å². The third kappa shape index (κ3) is 9.29. The second-order valence-corrected chi connectivity index (χ2v) is 3.32. The predicted molar refractivity (Wildman–Crippen MR) is 63.7 cm³/mol. The monoisotopic (exact) mass is 220 g/mol. The molecule has 0 atom stereocenters. The summed E-state index contributed by atoms with van der Waals surface area (Å²) in [6, 6.07) is 0. The van der Waals surface area contributed by atoms with Crippen molar-refractivity contribution in [3.8, 4) is 0 Å². The van der Waals surface area contributed by atoms with Crippen LogP contribution in [-0.2, 0) is 0 Å². The minimum Gasteiger partial charge on any atom is -0.376 e. The summed E-state index contributed by atoms with van der Waals surface area (Å²) in [6.07, 6.45) is 1.06. The molecule has 0 aromatic heterocycles. The van der Waals surface area contributed by atoms with Gasteiger partial charge in [0, 0.05) is 19.6 Å². The normalized spacial score (nSPS) is 9.00. The van der Waals surface area contributed by atoms with Gasteiger partial charge in [-0.1, -0.05) is 6.92 Å². The molecule has 0 amide bonds. The lowest BCUT2D eigenvalue weighted by atomic mass is 10.5. The minimum atomic E-state index is 0.314. The van der Waals surface area contributed by atoms with E-state index in [1.54, 1.807) is 0 Å². The number of nitrogens with one attached hydrogen (secondary N) is 3. The first-order chi connectivity index (χ1) is 6.16. The first kappa shape index (κ1) is 12.4. The van der Waals surface area contributed by atoms with E-state index in [2.05, 4.69) is 35.1 Å². The molecule has 6 heteroatoms. The second kappa shape index (κ2) is 8.00. The van der Waals surface area contributed by atoms with Crippen molar-refractivity contribution in [1.82, 2.24) is 16.0 Å². The molecule has 0 bridgehead atoms. The van der Waals surface area contributed by atoms with Crippen molar-refractivity contribution in [3.63, 3.8) is 0 Å². The number of hydrogen-bond acceptors (Lipinski definition) is 2. The van der Waals surface area contributed by atoms with Crippen molar-refractivity contribution in [1.29, 1.82) is 0 Å². The SMILES string of the molecule is CCCNC(=S)NCCNC(N)=S. The molecular formula is C7H16N4S2. The highest BCUT2D eigenvalue weighted by Crippen LogP contribution is 1.71. The number of thiocarbonyl (C=S) groups is 2. The van der Waals surface area contributed by atoms with Gasteiger partial charge in [0.15, 0.2) is 10.2 Å². The first-order valence-corrected chi connectivity index (χ1v) is 5.03. The Morgan fingerprint density at radius 2 is 1.62 bits per heavy atom. The first-order valence-electron chi connectivity index (χ1n) is 4.21. The lowest BCUT2D eigenvalue weighted by Crippen LogP contribution is -2.41. The lowest BCUT2D eigenvalue weighted by molar-refractivity contribution is 0.772. The molecule has 76 valence electrons. The Bertz CT molecular complexity index is 172. The summed E-state index contributed by atoms with van der Waals surface area (Å²) >= 11 is 9.62. The molecule has 0 saturated carbocycles. The average molecular weight is 220 g/mol. The van der Waals surface area contributed by atoms with E-state index in [1.165, 1.54) is 0 Å². The van der Waals surface area contributed by atoms with Crippen LogP contribution in [0.2, 0.25) is 0 Å². The Balaban J connectivity index is 3.22. The molecule has 0 rings (SSSR count). The van der Waals surface area contributed by atoms with E-state index in [1.807, 2.05) is 0 Å². The molecule has 4 nitrogen and oxygen atoms in total. The Morgan fingerprint density at radius 1 is 1.08 bits per heavy atom. The van der Waals surface area contributed by atoms with E-state index in [4.69, 9.17) is 18.0 Å². The fourth-order valence-corrected chi connectivity index (χ4v) is 0.969. The van der Waals surface area contributed by atoms with Crippen LogP contribution in [-0.4, -0.2) is 29.9 Å². The zero-order valence-corrected chi connectivity index (χ0v) is 9.36. The largest absolute Gasteiger partial charge is 0.376 e. The van der Waals surface area contributed by atoms with Crippen molar-refractivity contribution in [2.75, 3.05) is 19.6 Å². The van der Waals surface area contributed by atoms with Crippen molar-refractivity contribution >= 4 is 34.7 Å². The maximum Gasteiger partial charge on any atom is 0.166 e. The highest BCUT2D eigenvalue weighted by Gasteiger charge is 1.92. The van der Waals surface area contributed by atoms with Gasteiger partial charge in [-0.05, 0) is 30.9 Å². The molecule has 13 heavy (non-hydrogen) atoms. The van der Waals surface area contributed by atoms with Gasteiger partial charge < -0.3 is 21.7 Å². The molecule has 0 saturated heterocycles. The lowest BCUT2D eigenvalue weighted by Gasteiger charge is -2.09. The van der Waals surface area contributed by atoms with Gasteiger partial charge in [-0.15, -0.1) is 0 Å². The molecule has 0 aromatic rings. The number of nitrogens with two attached hydrogens (primary N) is 1. The predicted octanol–water partition coefficient (Wildman–Crippen LogP) is -0.306. The van der Waals surface area contributed by atoms with Gasteiger partial charge in [0.05, 0.1) is 0 Å². The van der Waals surface area contributed by atoms with Crippen molar-refractivity contribution < 1.29 is 0 Å². The fraction of sp³-hybridized carbons (Fsp3) is 0.714. The molecule has 0 aromatic carbocycles. The molecule has 0 unspecified atom stereocenters. The van der Waals surface area contributed by atoms with Gasteiger partial charge in [0.1, 0.15) is 0 Å². The fourth-order valence-electron chi connectivity index (χ4n) is 0.663. The molecular weight excluding hydrogens is 204 g/mol. The average Bonchev–Trinajstić information content (AvgIpc) is 2.08. The van der Waals surface area contributed by atoms with Crippen LogP contribution < -0.4 is 21.7 Å². The standard InChI is InChI=1S/C7H16N4S2/c1-2-3-10-7(13)11-5-4-9-6(8)12/h2-5H2,1H3,(H3,8,9,12)(H2,10,11,13). The minimum absolute atomic E-state index is 0.314. The second-order valence-electron chi connectivity index (χ2n) is 2.47. The van der Waals surface area contributed by atoms with E-state index < -0.39 is 0 Å². The van der Waals surface area contributed by atoms with Crippen molar-refractivity contribution in [2.24, 2.45) is 5.73 Å². The summed E-state index contributed by atoms with van der Waals surface area (Å²) in [4.78, 5) is 0. The Kier molecular flexibility index (Phi) is 7.62. The third-order valence-corrected chi connectivity index (χ3v) is 1.68. The van der Waals surface area contributed by atoms with Gasteiger partial charge in [-0.25, -0.2) is 0 Å². The topological polar surface area (TPSA) is 62.1 Å². The summed E-state index contributed by atoms with van der Waals surface area (Å²) in [5, 5.41) is 9.87. The molecule has 0 heterocycles. The summed E-state index contributed by atoms with van der Waals surface area (Å²) in [6.45, 7) is 4.38. The van der Waals surface area contributed by atoms with Crippen LogP contribution in [0.25, 0.3) is 0 Å². The Labute approximate surface area is 89.6 Å². The van der Waals surface area contributed by atoms with E-state index in [9.17, 15) is 0 Å². The van der Waals surface area contributed by atoms with E-state index in [0.29, 0.717) is 23.3 Å². The third-order valence-electron chi connectivity index (χ3n) is 1.25. The molecule has 0 fully saturated rings. The summed E-state index contributed by atoms with van der Waals surface area (Å²) in [5.74, 6) is 0. The summed E-state index contributed by atoms with van der Waals surface area (Å²) in [7, 11) is 0. The van der Waals surface area contributed by atoms with Gasteiger partial charge in [-0.3, -0.25) is 0 Å². The van der Waals surface area contributed by atoms with Gasteiger partial charge in [0.2, 0.25) is 0 Å². The van der Waals surface area contributed by atoms with E-state index in [0.717, 1.165) is 13.0 Å². The quantitative estimate of drug-likeness (QED) is 0.377.